The van der Waals surface area contributed by atoms with Crippen molar-refractivity contribution in [3.8, 4) is 11.5 Å². The van der Waals surface area contributed by atoms with Crippen molar-refractivity contribution < 1.29 is 19.1 Å². The van der Waals surface area contributed by atoms with Gasteiger partial charge in [0.1, 0.15) is 6.04 Å². The maximum Gasteiger partial charge on any atom is 0.246 e. The summed E-state index contributed by atoms with van der Waals surface area (Å²) < 4.78 is 11.3. The molecule has 1 aromatic rings. The number of carbonyl (C=O) groups excluding carboxylic acids is 2. The molecular weight excluding hydrogens is 394 g/mol. The molecule has 3 fully saturated rings. The quantitative estimate of drug-likeness (QED) is 0.696. The van der Waals surface area contributed by atoms with E-state index in [2.05, 4.69) is 11.0 Å². The number of rotatable bonds is 3. The molecule has 0 N–H and O–H groups in total. The van der Waals surface area contributed by atoms with Crippen LogP contribution in [0.25, 0.3) is 0 Å². The van der Waals surface area contributed by atoms with Gasteiger partial charge in [0.2, 0.25) is 18.6 Å². The van der Waals surface area contributed by atoms with Crippen molar-refractivity contribution in [2.24, 2.45) is 11.8 Å². The predicted octanol–water partition coefficient (Wildman–Crippen LogP) is 2.02. The summed E-state index contributed by atoms with van der Waals surface area (Å²) in [4.78, 5) is 32.9. The normalized spacial score (nSPS) is 31.8. The molecule has 0 aromatic heterocycles. The number of piperidine rings is 3. The fraction of sp³-hybridized carbons (Fsp3) is 0.583. The first kappa shape index (κ1) is 19.2. The highest BCUT2D eigenvalue weighted by atomic mass is 16.7. The van der Waals surface area contributed by atoms with E-state index in [0.717, 1.165) is 56.0 Å². The van der Waals surface area contributed by atoms with Crippen molar-refractivity contribution in [3.05, 3.63) is 35.9 Å². The van der Waals surface area contributed by atoms with E-state index >= 15 is 0 Å². The Morgan fingerprint density at radius 1 is 1.10 bits per heavy atom. The van der Waals surface area contributed by atoms with Crippen LogP contribution in [0.4, 0.5) is 0 Å². The highest BCUT2D eigenvalue weighted by Gasteiger charge is 2.52. The molecule has 5 aliphatic heterocycles. The van der Waals surface area contributed by atoms with Crippen LogP contribution in [0.3, 0.4) is 0 Å². The number of amides is 2. The number of benzene rings is 1. The molecule has 4 atom stereocenters. The van der Waals surface area contributed by atoms with Gasteiger partial charge < -0.3 is 19.3 Å². The van der Waals surface area contributed by atoms with Gasteiger partial charge in [-0.25, -0.2) is 0 Å². The third-order valence-corrected chi connectivity index (χ3v) is 7.67. The Bertz CT molecular complexity index is 923. The van der Waals surface area contributed by atoms with Gasteiger partial charge in [0, 0.05) is 56.7 Å². The van der Waals surface area contributed by atoms with Gasteiger partial charge in [-0.15, -0.1) is 0 Å². The Morgan fingerprint density at radius 2 is 1.94 bits per heavy atom. The largest absolute Gasteiger partial charge is 0.454 e. The van der Waals surface area contributed by atoms with Crippen molar-refractivity contribution >= 4 is 11.8 Å². The van der Waals surface area contributed by atoms with Crippen LogP contribution in [0.5, 0.6) is 11.5 Å². The van der Waals surface area contributed by atoms with Crippen LogP contribution in [0.2, 0.25) is 0 Å². The summed E-state index contributed by atoms with van der Waals surface area (Å²) in [6.45, 7) is 4.17. The van der Waals surface area contributed by atoms with Crippen molar-refractivity contribution in [2.45, 2.75) is 44.3 Å². The summed E-state index contributed by atoms with van der Waals surface area (Å²) >= 11 is 0. The van der Waals surface area contributed by atoms with Crippen LogP contribution in [0, 0.1) is 11.8 Å². The Kier molecular flexibility index (Phi) is 4.67. The van der Waals surface area contributed by atoms with E-state index in [4.69, 9.17) is 9.47 Å². The SMILES string of the molecule is O=C([C@H]1[C@@H]2C[C@@H](CN(Cc3cccc4c3OCO4)C2)[C@@H]2CCCC(=O)N21)N1CC=CC1. The second-order valence-electron chi connectivity index (χ2n) is 9.52. The minimum atomic E-state index is -0.321. The Hall–Kier alpha value is -2.54. The van der Waals surface area contributed by atoms with Crippen LogP contribution in [-0.4, -0.2) is 71.6 Å². The Morgan fingerprint density at radius 3 is 2.81 bits per heavy atom. The predicted molar refractivity (Wildman–Crippen MR) is 113 cm³/mol. The standard InChI is InChI=1S/C24H29N3O4/c28-21-8-4-6-19-17-11-18(22(27(19)21)24(29)26-9-1-2-10-26)14-25(13-17)12-16-5-3-7-20-23(16)31-15-30-20/h1-3,5,7,17-19,22H,4,6,8-15H2/t17-,18+,19-,22+/m0/s1. The van der Waals surface area contributed by atoms with Gasteiger partial charge in [-0.1, -0.05) is 24.3 Å². The molecule has 31 heavy (non-hydrogen) atoms. The number of para-hydroxylation sites is 1. The molecule has 0 saturated carbocycles. The molecule has 164 valence electrons. The summed E-state index contributed by atoms with van der Waals surface area (Å²) in [6, 6.07) is 5.93. The maximum absolute atomic E-state index is 13.6. The Labute approximate surface area is 182 Å². The number of carbonyl (C=O) groups is 2. The smallest absolute Gasteiger partial charge is 0.246 e. The van der Waals surface area contributed by atoms with Gasteiger partial charge in [-0.2, -0.15) is 0 Å². The summed E-state index contributed by atoms with van der Waals surface area (Å²) in [5.74, 6) is 2.58. The molecule has 7 heteroatoms. The zero-order chi connectivity index (χ0) is 20.9. The lowest BCUT2D eigenvalue weighted by Gasteiger charge is -2.56. The van der Waals surface area contributed by atoms with Crippen LogP contribution < -0.4 is 9.47 Å². The van der Waals surface area contributed by atoms with E-state index in [1.165, 1.54) is 0 Å². The zero-order valence-corrected chi connectivity index (χ0v) is 17.7. The van der Waals surface area contributed by atoms with Crippen LogP contribution >= 0.6 is 0 Å². The van der Waals surface area contributed by atoms with Gasteiger partial charge >= 0.3 is 0 Å². The fourth-order valence-corrected chi connectivity index (χ4v) is 6.40. The molecule has 1 aromatic carbocycles. The third-order valence-electron chi connectivity index (χ3n) is 7.67. The zero-order valence-electron chi connectivity index (χ0n) is 17.7. The molecule has 2 bridgehead atoms. The van der Waals surface area contributed by atoms with Crippen molar-refractivity contribution in [2.75, 3.05) is 33.0 Å². The topological polar surface area (TPSA) is 62.3 Å². The monoisotopic (exact) mass is 423 g/mol. The summed E-state index contributed by atoms with van der Waals surface area (Å²) in [7, 11) is 0. The maximum atomic E-state index is 13.6. The summed E-state index contributed by atoms with van der Waals surface area (Å²) in [5.41, 5.74) is 1.14. The number of ether oxygens (including phenoxy) is 2. The number of hydrogen-bond acceptors (Lipinski definition) is 5. The average molecular weight is 424 g/mol. The van der Waals surface area contributed by atoms with Gasteiger partial charge in [-0.05, 0) is 31.2 Å². The van der Waals surface area contributed by atoms with E-state index in [1.54, 1.807) is 0 Å². The van der Waals surface area contributed by atoms with Gasteiger partial charge in [0.15, 0.2) is 11.5 Å². The number of likely N-dealkylation sites (tertiary alicyclic amines) is 1. The Balaban J connectivity index is 1.28. The number of hydrogen-bond donors (Lipinski definition) is 0. The van der Waals surface area contributed by atoms with E-state index in [0.29, 0.717) is 25.4 Å². The van der Waals surface area contributed by atoms with Gasteiger partial charge in [-0.3, -0.25) is 14.5 Å². The molecular formula is C24H29N3O4. The first-order valence-electron chi connectivity index (χ1n) is 11.5. The lowest BCUT2D eigenvalue weighted by atomic mass is 9.71. The van der Waals surface area contributed by atoms with Crippen molar-refractivity contribution in [1.82, 2.24) is 14.7 Å². The lowest BCUT2D eigenvalue weighted by Crippen LogP contribution is -2.68. The van der Waals surface area contributed by atoms with E-state index in [-0.39, 0.29) is 36.6 Å². The first-order valence-corrected chi connectivity index (χ1v) is 11.5. The molecule has 0 aliphatic carbocycles. The van der Waals surface area contributed by atoms with Gasteiger partial charge in [0.25, 0.3) is 0 Å². The highest BCUT2D eigenvalue weighted by Crippen LogP contribution is 2.43. The molecule has 0 spiro atoms. The minimum Gasteiger partial charge on any atom is -0.454 e. The number of nitrogens with zero attached hydrogens (tertiary/aromatic N) is 3. The molecule has 0 radical (unpaired) electrons. The first-order chi connectivity index (χ1) is 15.2. The molecule has 6 rings (SSSR count). The van der Waals surface area contributed by atoms with E-state index in [1.807, 2.05) is 34.1 Å². The third kappa shape index (κ3) is 3.21. The molecule has 2 amide bonds. The summed E-state index contributed by atoms with van der Waals surface area (Å²) in [6.07, 6.45) is 7.65. The second-order valence-corrected chi connectivity index (χ2v) is 9.52. The number of fused-ring (bicyclic) bond motifs is 5. The molecule has 0 unspecified atom stereocenters. The van der Waals surface area contributed by atoms with E-state index in [9.17, 15) is 9.59 Å². The molecule has 5 aliphatic rings. The van der Waals surface area contributed by atoms with E-state index < -0.39 is 0 Å². The summed E-state index contributed by atoms with van der Waals surface area (Å²) in [5, 5.41) is 0. The second kappa shape index (κ2) is 7.55. The van der Waals surface area contributed by atoms with Crippen LogP contribution in [-0.2, 0) is 16.1 Å². The van der Waals surface area contributed by atoms with Crippen molar-refractivity contribution in [1.29, 1.82) is 0 Å². The van der Waals surface area contributed by atoms with Gasteiger partial charge in [0.05, 0.1) is 0 Å². The van der Waals surface area contributed by atoms with Crippen molar-refractivity contribution in [3.63, 3.8) is 0 Å². The van der Waals surface area contributed by atoms with Crippen LogP contribution in [0.1, 0.15) is 31.2 Å². The highest BCUT2D eigenvalue weighted by molar-refractivity contribution is 5.89. The minimum absolute atomic E-state index is 0.132. The molecule has 5 heterocycles. The fourth-order valence-electron chi connectivity index (χ4n) is 6.40. The molecule has 7 nitrogen and oxygen atoms in total. The lowest BCUT2D eigenvalue weighted by molar-refractivity contribution is -0.164. The van der Waals surface area contributed by atoms with Crippen LogP contribution in [0.15, 0.2) is 30.4 Å². The average Bonchev–Trinajstić information content (AvgIpc) is 3.47. The molecule has 3 saturated heterocycles.